The molecule has 1 aliphatic carbocycles. The molecular formula is C36H38HfI4O2S2-2. The van der Waals surface area contributed by atoms with Crippen molar-refractivity contribution in [3.05, 3.63) is 135 Å². The predicted octanol–water partition coefficient (Wildman–Crippen LogP) is 12.5. The van der Waals surface area contributed by atoms with Gasteiger partial charge in [0.15, 0.2) is 0 Å². The number of hydrogen-bond acceptors (Lipinski definition) is 2. The van der Waals surface area contributed by atoms with Crippen molar-refractivity contribution >= 4 is 105 Å². The van der Waals surface area contributed by atoms with Crippen LogP contribution in [0.3, 0.4) is 0 Å². The van der Waals surface area contributed by atoms with E-state index in [0.717, 1.165) is 40.3 Å². The molecule has 0 radical (unpaired) electrons. The zero-order valence-corrected chi connectivity index (χ0v) is 38.9. The van der Waals surface area contributed by atoms with E-state index in [4.69, 9.17) is 0 Å². The Balaban J connectivity index is 0.000000269. The maximum Gasteiger partial charge on any atom is -0.0866 e. The van der Waals surface area contributed by atoms with Crippen LogP contribution in [-0.4, -0.2) is 20.7 Å². The van der Waals surface area contributed by atoms with E-state index in [-0.39, 0.29) is 0 Å². The molecular weight excluding hydrogens is 1210 g/mol. The average Bonchev–Trinajstić information content (AvgIpc) is 3.29. The summed E-state index contributed by atoms with van der Waals surface area (Å²) in [5.41, 5.74) is 4.51. The monoisotopic (exact) mass is 1250 g/mol. The summed E-state index contributed by atoms with van der Waals surface area (Å²) >= 11 is 8.43. The van der Waals surface area contributed by atoms with Gasteiger partial charge in [0.1, 0.15) is 0 Å². The van der Waals surface area contributed by atoms with Crippen LogP contribution in [0.5, 0.6) is 11.5 Å². The molecule has 0 amide bonds. The minimum atomic E-state index is -0.899. The van der Waals surface area contributed by atoms with Crippen LogP contribution in [-0.2, 0) is 30.4 Å². The van der Waals surface area contributed by atoms with E-state index in [1.165, 1.54) is 56.8 Å². The van der Waals surface area contributed by atoms with Gasteiger partial charge in [0.05, 0.1) is 0 Å². The first-order valence-corrected chi connectivity index (χ1v) is 30.9. The third-order valence-electron chi connectivity index (χ3n) is 7.61. The van der Waals surface area contributed by atoms with Crippen LogP contribution in [0.15, 0.2) is 84.9 Å². The van der Waals surface area contributed by atoms with Gasteiger partial charge >= 0.3 is 256 Å². The fourth-order valence-electron chi connectivity index (χ4n) is 5.35. The molecule has 4 aromatic rings. The summed E-state index contributed by atoms with van der Waals surface area (Å²) in [5.74, 6) is 3.25. The third-order valence-corrected chi connectivity index (χ3v) is 39.7. The molecule has 2 unspecified atom stereocenters. The van der Waals surface area contributed by atoms with Crippen molar-refractivity contribution in [1.29, 1.82) is 0 Å². The van der Waals surface area contributed by atoms with E-state index in [1.54, 1.807) is 0 Å². The molecule has 1 saturated carbocycles. The van der Waals surface area contributed by atoms with Crippen LogP contribution in [0.25, 0.3) is 0 Å². The van der Waals surface area contributed by atoms with Crippen LogP contribution >= 0.6 is 105 Å². The first kappa shape index (κ1) is 38.5. The molecule has 6 rings (SSSR count). The standard InChI is InChI=1S/C22H24I4O2S2.2C7H7.Hf/c23-15-7-13(21(27)17(25)9-15)11-29-19-5-3-1-2-4-6-20(19)30-12-14-8-16(24)10-18(26)22(14)28;2*1-7-5-3-2-4-6-7;/h7-10,19-20,27-28H,1-6,11-12H2;2*2-6H,1H2;/q;2*-1;/t19-,20?;;;/m0.../s1. The van der Waals surface area contributed by atoms with Gasteiger partial charge in [0, 0.05) is 0 Å². The van der Waals surface area contributed by atoms with Gasteiger partial charge in [-0.05, 0) is 0 Å². The summed E-state index contributed by atoms with van der Waals surface area (Å²) in [5, 5.41) is 23.3. The van der Waals surface area contributed by atoms with Gasteiger partial charge in [-0.25, -0.2) is 0 Å². The van der Waals surface area contributed by atoms with Crippen LogP contribution in [0, 0.1) is 28.1 Å². The largest absolute Gasteiger partial charge is 0.199 e. The number of hydrogen-bond donors (Lipinski definition) is 2. The van der Waals surface area contributed by atoms with E-state index in [1.807, 2.05) is 60.7 Å². The van der Waals surface area contributed by atoms with Crippen molar-refractivity contribution in [1.82, 2.24) is 0 Å². The number of phenolic OH excluding ortho intramolecular Hbond substituents is 2. The van der Waals surface area contributed by atoms with Crippen LogP contribution in [0.4, 0.5) is 0 Å². The molecule has 0 aromatic heterocycles. The Kier molecular flexibility index (Phi) is 16.9. The van der Waals surface area contributed by atoms with Crippen molar-refractivity contribution in [2.75, 3.05) is 0 Å². The first-order valence-electron chi connectivity index (χ1n) is 14.9. The smallest absolute Gasteiger partial charge is 0.0866 e. The van der Waals surface area contributed by atoms with Gasteiger partial charge in [-0.3, -0.25) is 0 Å². The summed E-state index contributed by atoms with van der Waals surface area (Å²) in [6.45, 7) is 7.44. The number of fused-ring (bicyclic) bond motifs is 1. The topological polar surface area (TPSA) is 40.5 Å². The fraction of sp³-hybridized carbons (Fsp3) is 0.278. The fourth-order valence-corrected chi connectivity index (χ4v) is 48.3. The van der Waals surface area contributed by atoms with Crippen molar-refractivity contribution in [3.8, 4) is 11.5 Å². The molecule has 240 valence electrons. The molecule has 2 N–H and O–H groups in total. The molecule has 1 fully saturated rings. The van der Waals surface area contributed by atoms with Gasteiger partial charge in [-0.15, -0.1) is 24.3 Å². The van der Waals surface area contributed by atoms with Crippen molar-refractivity contribution in [3.63, 3.8) is 0 Å². The summed E-state index contributed by atoms with van der Waals surface area (Å²) in [6, 6.07) is 28.3. The molecule has 4 atom stereocenters. The summed E-state index contributed by atoms with van der Waals surface area (Å²) < 4.78 is 4.44. The van der Waals surface area contributed by atoms with Crippen molar-refractivity contribution < 1.29 is 29.1 Å². The minimum absolute atomic E-state index is 0.493. The van der Waals surface area contributed by atoms with Gasteiger partial charge in [-0.1, -0.05) is 12.1 Å². The molecule has 2 nitrogen and oxygen atoms in total. The quantitative estimate of drug-likeness (QED) is 0.121. The summed E-state index contributed by atoms with van der Waals surface area (Å²) in [4.78, 5) is 0. The average molecular weight is 1250 g/mol. The molecule has 0 bridgehead atoms. The molecule has 45 heavy (non-hydrogen) atoms. The second-order valence-corrected chi connectivity index (χ2v) is 36.7. The second kappa shape index (κ2) is 19.8. The normalized spacial score (nSPS) is 20.4. The van der Waals surface area contributed by atoms with Gasteiger partial charge in [-0.2, -0.15) is 49.2 Å². The van der Waals surface area contributed by atoms with E-state index < -0.39 is 18.9 Å². The number of aromatic hydroxyl groups is 2. The van der Waals surface area contributed by atoms with Crippen molar-refractivity contribution in [2.24, 2.45) is 0 Å². The molecule has 4 aromatic carbocycles. The van der Waals surface area contributed by atoms with Crippen LogP contribution < -0.4 is 0 Å². The van der Waals surface area contributed by atoms with Crippen LogP contribution in [0.1, 0.15) is 60.8 Å². The number of benzene rings is 4. The molecule has 0 spiro atoms. The Labute approximate surface area is 336 Å². The SMILES string of the molecule is Oc1c(I)cc(I)cc1C[S]1=[Hf]=[S@@](Cc2cc(I)cc(I)c2O)C2CCCCCC[C@@H]21.[CH2-]c1ccccc1.[CH2-]c1ccccc1. The molecule has 2 aliphatic rings. The van der Waals surface area contributed by atoms with Gasteiger partial charge in [0.25, 0.3) is 0 Å². The van der Waals surface area contributed by atoms with Gasteiger partial charge in [0.2, 0.25) is 0 Å². The van der Waals surface area contributed by atoms with E-state index in [2.05, 4.69) is 128 Å². The Bertz CT molecular complexity index is 1530. The maximum absolute atomic E-state index is 10.8. The Morgan fingerprint density at radius 1 is 0.600 bits per heavy atom. The van der Waals surface area contributed by atoms with Gasteiger partial charge < -0.3 is 0 Å². The third kappa shape index (κ3) is 12.2. The number of phenols is 2. The first-order chi connectivity index (χ1) is 21.6. The van der Waals surface area contributed by atoms with Crippen LogP contribution in [0.2, 0.25) is 0 Å². The number of rotatable bonds is 4. The molecule has 1 aliphatic heterocycles. The molecule has 9 heteroatoms. The zero-order chi connectivity index (χ0) is 32.3. The molecule has 1 heterocycles. The van der Waals surface area contributed by atoms with E-state index in [0.29, 0.717) is 25.9 Å². The Morgan fingerprint density at radius 2 is 0.978 bits per heavy atom. The minimum Gasteiger partial charge on any atom is -0.199 e. The summed E-state index contributed by atoms with van der Waals surface area (Å²) in [6.07, 6.45) is 8.33. The predicted molar refractivity (Wildman–Crippen MR) is 227 cm³/mol. The van der Waals surface area contributed by atoms with E-state index >= 15 is 0 Å². The summed E-state index contributed by atoms with van der Waals surface area (Å²) in [7, 11) is 0.987. The molecule has 0 saturated heterocycles. The zero-order valence-electron chi connectivity index (χ0n) is 25.0. The van der Waals surface area contributed by atoms with E-state index in [9.17, 15) is 10.2 Å². The Hall–Kier alpha value is 0.710. The van der Waals surface area contributed by atoms with Crippen molar-refractivity contribution in [2.45, 2.75) is 60.5 Å². The number of halogens is 4. The maximum atomic E-state index is 10.8. The Morgan fingerprint density at radius 3 is 1.31 bits per heavy atom. The second-order valence-electron chi connectivity index (χ2n) is 11.1.